The smallest absolute Gasteiger partial charge is 0.203 e. The molecular formula is C11H15BrO4. The molecule has 1 aromatic carbocycles. The predicted octanol–water partition coefficient (Wildman–Crippen LogP) is 2.49. The molecule has 1 rings (SSSR count). The van der Waals surface area contributed by atoms with Crippen molar-refractivity contribution >= 4 is 15.9 Å². The Morgan fingerprint density at radius 3 is 1.94 bits per heavy atom. The fraction of sp³-hybridized carbons (Fsp3) is 0.455. The van der Waals surface area contributed by atoms with Crippen molar-refractivity contribution < 1.29 is 18.9 Å². The lowest BCUT2D eigenvalue weighted by atomic mass is 10.2. The highest BCUT2D eigenvalue weighted by Crippen LogP contribution is 2.40. The predicted molar refractivity (Wildman–Crippen MR) is 65.4 cm³/mol. The van der Waals surface area contributed by atoms with Crippen molar-refractivity contribution in [1.29, 1.82) is 0 Å². The Bertz CT molecular complexity index is 316. The lowest BCUT2D eigenvalue weighted by Crippen LogP contribution is -2.00. The van der Waals surface area contributed by atoms with Crippen LogP contribution in [0, 0.1) is 0 Å². The largest absolute Gasteiger partial charge is 0.493 e. The van der Waals surface area contributed by atoms with Gasteiger partial charge >= 0.3 is 0 Å². The minimum atomic E-state index is 0.566. The molecule has 1 aromatic rings. The monoisotopic (exact) mass is 290 g/mol. The van der Waals surface area contributed by atoms with Gasteiger partial charge in [-0.1, -0.05) is 15.9 Å². The molecule has 0 aromatic heterocycles. The van der Waals surface area contributed by atoms with Gasteiger partial charge in [-0.05, 0) is 0 Å². The molecule has 4 nitrogen and oxygen atoms in total. The Balaban J connectivity index is 3.05. The van der Waals surface area contributed by atoms with Crippen molar-refractivity contribution in [3.8, 4) is 23.0 Å². The summed E-state index contributed by atoms with van der Waals surface area (Å²) in [5, 5.41) is 0.768. The molecule has 0 saturated heterocycles. The van der Waals surface area contributed by atoms with Gasteiger partial charge in [0.15, 0.2) is 11.5 Å². The maximum absolute atomic E-state index is 5.48. The van der Waals surface area contributed by atoms with Crippen LogP contribution < -0.4 is 18.9 Å². The van der Waals surface area contributed by atoms with E-state index >= 15 is 0 Å². The molecule has 0 bridgehead atoms. The summed E-state index contributed by atoms with van der Waals surface area (Å²) in [6, 6.07) is 3.54. The fourth-order valence-electron chi connectivity index (χ4n) is 1.30. The summed E-state index contributed by atoms with van der Waals surface area (Å²) in [6.07, 6.45) is 0. The number of hydrogen-bond donors (Lipinski definition) is 0. The molecule has 16 heavy (non-hydrogen) atoms. The second-order valence-electron chi connectivity index (χ2n) is 2.90. The summed E-state index contributed by atoms with van der Waals surface area (Å²) in [6.45, 7) is 0.582. The minimum absolute atomic E-state index is 0.566. The zero-order chi connectivity index (χ0) is 12.0. The normalized spacial score (nSPS) is 9.75. The van der Waals surface area contributed by atoms with E-state index in [1.165, 1.54) is 0 Å². The Labute approximate surface area is 104 Å². The van der Waals surface area contributed by atoms with Crippen molar-refractivity contribution in [2.24, 2.45) is 0 Å². The quantitative estimate of drug-likeness (QED) is 0.755. The van der Waals surface area contributed by atoms with Crippen LogP contribution in [0.15, 0.2) is 12.1 Å². The van der Waals surface area contributed by atoms with Crippen LogP contribution >= 0.6 is 15.9 Å². The van der Waals surface area contributed by atoms with Gasteiger partial charge in [-0.3, -0.25) is 0 Å². The first-order valence-electron chi connectivity index (χ1n) is 4.75. The summed E-state index contributed by atoms with van der Waals surface area (Å²) in [5.74, 6) is 2.43. The lowest BCUT2D eigenvalue weighted by molar-refractivity contribution is 0.309. The molecular weight excluding hydrogens is 276 g/mol. The molecule has 5 heteroatoms. The number of benzene rings is 1. The van der Waals surface area contributed by atoms with Gasteiger partial charge < -0.3 is 18.9 Å². The van der Waals surface area contributed by atoms with E-state index in [0.717, 1.165) is 5.33 Å². The van der Waals surface area contributed by atoms with E-state index in [9.17, 15) is 0 Å². The van der Waals surface area contributed by atoms with Crippen LogP contribution in [0.5, 0.6) is 23.0 Å². The van der Waals surface area contributed by atoms with Crippen molar-refractivity contribution in [2.75, 3.05) is 33.3 Å². The summed E-state index contributed by atoms with van der Waals surface area (Å²) >= 11 is 3.29. The van der Waals surface area contributed by atoms with Crippen LogP contribution in [0.2, 0.25) is 0 Å². The average Bonchev–Trinajstić information content (AvgIpc) is 2.34. The highest BCUT2D eigenvalue weighted by atomic mass is 79.9. The van der Waals surface area contributed by atoms with Crippen molar-refractivity contribution in [3.63, 3.8) is 0 Å². The van der Waals surface area contributed by atoms with E-state index in [0.29, 0.717) is 29.6 Å². The third-order valence-corrected chi connectivity index (χ3v) is 2.31. The molecule has 0 atom stereocenters. The van der Waals surface area contributed by atoms with E-state index in [1.54, 1.807) is 33.5 Å². The van der Waals surface area contributed by atoms with E-state index in [1.807, 2.05) is 0 Å². The topological polar surface area (TPSA) is 36.9 Å². The number of alkyl halides is 1. The highest BCUT2D eigenvalue weighted by molar-refractivity contribution is 9.09. The third kappa shape index (κ3) is 2.95. The summed E-state index contributed by atoms with van der Waals surface area (Å²) in [4.78, 5) is 0. The molecule has 0 aliphatic heterocycles. The van der Waals surface area contributed by atoms with Crippen LogP contribution in [-0.4, -0.2) is 33.3 Å². The zero-order valence-electron chi connectivity index (χ0n) is 9.58. The molecule has 0 radical (unpaired) electrons. The third-order valence-electron chi connectivity index (χ3n) is 1.98. The molecule has 0 fully saturated rings. The van der Waals surface area contributed by atoms with E-state index in [2.05, 4.69) is 15.9 Å². The number of hydrogen-bond acceptors (Lipinski definition) is 4. The standard InChI is InChI=1S/C11H15BrO4/c1-13-9-6-8(16-5-4-12)7-10(14-2)11(9)15-3/h6-7H,4-5H2,1-3H3. The summed E-state index contributed by atoms with van der Waals surface area (Å²) in [5.41, 5.74) is 0. The van der Waals surface area contributed by atoms with E-state index in [4.69, 9.17) is 18.9 Å². The Kier molecular flexibility index (Phi) is 5.25. The minimum Gasteiger partial charge on any atom is -0.493 e. The number of ether oxygens (including phenoxy) is 4. The molecule has 0 aliphatic rings. The molecule has 0 unspecified atom stereocenters. The van der Waals surface area contributed by atoms with Gasteiger partial charge in [0.25, 0.3) is 0 Å². The molecule has 0 heterocycles. The second-order valence-corrected chi connectivity index (χ2v) is 3.69. The number of halogens is 1. The van der Waals surface area contributed by atoms with Gasteiger partial charge in [0, 0.05) is 17.5 Å². The van der Waals surface area contributed by atoms with E-state index in [-0.39, 0.29) is 0 Å². The van der Waals surface area contributed by atoms with Gasteiger partial charge in [-0.15, -0.1) is 0 Å². The van der Waals surface area contributed by atoms with Gasteiger partial charge in [0.05, 0.1) is 27.9 Å². The fourth-order valence-corrected chi connectivity index (χ4v) is 1.46. The van der Waals surface area contributed by atoms with E-state index < -0.39 is 0 Å². The summed E-state index contributed by atoms with van der Waals surface area (Å²) < 4.78 is 21.1. The second kappa shape index (κ2) is 6.48. The van der Waals surface area contributed by atoms with Crippen LogP contribution in [0.3, 0.4) is 0 Å². The molecule has 0 N–H and O–H groups in total. The summed E-state index contributed by atoms with van der Waals surface area (Å²) in [7, 11) is 4.72. The first-order chi connectivity index (χ1) is 7.76. The average molecular weight is 291 g/mol. The number of rotatable bonds is 6. The molecule has 90 valence electrons. The van der Waals surface area contributed by atoms with Crippen LogP contribution in [0.25, 0.3) is 0 Å². The van der Waals surface area contributed by atoms with Crippen molar-refractivity contribution in [2.45, 2.75) is 0 Å². The van der Waals surface area contributed by atoms with Crippen LogP contribution in [0.1, 0.15) is 0 Å². The molecule has 0 amide bonds. The van der Waals surface area contributed by atoms with Gasteiger partial charge in [0.2, 0.25) is 5.75 Å². The van der Waals surface area contributed by atoms with Gasteiger partial charge in [-0.2, -0.15) is 0 Å². The van der Waals surface area contributed by atoms with Gasteiger partial charge in [-0.25, -0.2) is 0 Å². The maximum atomic E-state index is 5.48. The lowest BCUT2D eigenvalue weighted by Gasteiger charge is -2.14. The Morgan fingerprint density at radius 1 is 1.00 bits per heavy atom. The molecule has 0 saturated carbocycles. The molecule has 0 spiro atoms. The Morgan fingerprint density at radius 2 is 1.56 bits per heavy atom. The van der Waals surface area contributed by atoms with Crippen LogP contribution in [0.4, 0.5) is 0 Å². The highest BCUT2D eigenvalue weighted by Gasteiger charge is 2.13. The maximum Gasteiger partial charge on any atom is 0.203 e. The van der Waals surface area contributed by atoms with Crippen molar-refractivity contribution in [1.82, 2.24) is 0 Å². The van der Waals surface area contributed by atoms with Gasteiger partial charge in [0.1, 0.15) is 5.75 Å². The number of methoxy groups -OCH3 is 3. The zero-order valence-corrected chi connectivity index (χ0v) is 11.2. The van der Waals surface area contributed by atoms with Crippen LogP contribution in [-0.2, 0) is 0 Å². The van der Waals surface area contributed by atoms with Crippen molar-refractivity contribution in [3.05, 3.63) is 12.1 Å². The first-order valence-corrected chi connectivity index (χ1v) is 5.87. The Hall–Kier alpha value is -1.10. The first kappa shape index (κ1) is 13.0. The SMILES string of the molecule is COc1cc(OCCBr)cc(OC)c1OC. The molecule has 0 aliphatic carbocycles.